The molecule has 100 valence electrons. The molecular formula is C12H20N4O2. The molecule has 18 heavy (non-hydrogen) atoms. The van der Waals surface area contributed by atoms with Crippen molar-refractivity contribution in [2.24, 2.45) is 0 Å². The molecule has 0 saturated carbocycles. The summed E-state index contributed by atoms with van der Waals surface area (Å²) in [7, 11) is 0. The highest BCUT2D eigenvalue weighted by Gasteiger charge is 2.21. The lowest BCUT2D eigenvalue weighted by Gasteiger charge is -2.33. The van der Waals surface area contributed by atoms with Gasteiger partial charge in [0.25, 0.3) is 0 Å². The molecule has 2 N–H and O–H groups in total. The number of aryl methyl sites for hydroxylation is 1. The first-order valence-electron chi connectivity index (χ1n) is 6.30. The van der Waals surface area contributed by atoms with E-state index in [-0.39, 0.29) is 12.7 Å². The number of nitrogens with one attached hydrogen (secondary N) is 1. The van der Waals surface area contributed by atoms with Crippen LogP contribution in [0.1, 0.15) is 12.7 Å². The molecule has 2 heterocycles. The molecule has 1 fully saturated rings. The minimum Gasteiger partial charge on any atom is -0.394 e. The number of anilines is 2. The minimum absolute atomic E-state index is 0.0423. The molecule has 0 aromatic carbocycles. The van der Waals surface area contributed by atoms with E-state index >= 15 is 0 Å². The molecule has 2 rings (SSSR count). The summed E-state index contributed by atoms with van der Waals surface area (Å²) < 4.78 is 5.44. The SMILES string of the molecule is CCNc1cc(N2CCOC(CO)C2)nc(C)n1. The Morgan fingerprint density at radius 3 is 3.11 bits per heavy atom. The number of aromatic nitrogens is 2. The standard InChI is InChI=1S/C12H20N4O2/c1-3-13-11-6-12(15-9(2)14-11)16-4-5-18-10(7-16)8-17/h6,10,17H,3-5,7-8H2,1-2H3,(H,13,14,15). The molecule has 1 unspecified atom stereocenters. The summed E-state index contributed by atoms with van der Waals surface area (Å²) in [6.45, 7) is 6.86. The van der Waals surface area contributed by atoms with Gasteiger partial charge >= 0.3 is 0 Å². The molecule has 1 aromatic heterocycles. The van der Waals surface area contributed by atoms with Crippen LogP contribution in [-0.4, -0.2) is 54.0 Å². The van der Waals surface area contributed by atoms with Crippen molar-refractivity contribution >= 4 is 11.6 Å². The molecule has 1 aromatic rings. The van der Waals surface area contributed by atoms with Gasteiger partial charge in [-0.2, -0.15) is 0 Å². The summed E-state index contributed by atoms with van der Waals surface area (Å²) in [6, 6.07) is 1.94. The fourth-order valence-electron chi connectivity index (χ4n) is 2.02. The summed E-state index contributed by atoms with van der Waals surface area (Å²) >= 11 is 0. The Labute approximate surface area is 107 Å². The molecule has 0 bridgehead atoms. The van der Waals surface area contributed by atoms with Crippen LogP contribution in [0.2, 0.25) is 0 Å². The fraction of sp³-hybridized carbons (Fsp3) is 0.667. The van der Waals surface area contributed by atoms with Crippen molar-refractivity contribution in [2.45, 2.75) is 20.0 Å². The lowest BCUT2D eigenvalue weighted by Crippen LogP contribution is -2.44. The van der Waals surface area contributed by atoms with Crippen molar-refractivity contribution in [3.8, 4) is 0 Å². The fourth-order valence-corrected chi connectivity index (χ4v) is 2.02. The normalized spacial score (nSPS) is 19.9. The van der Waals surface area contributed by atoms with E-state index in [1.165, 1.54) is 0 Å². The summed E-state index contributed by atoms with van der Waals surface area (Å²) in [5.41, 5.74) is 0. The first-order valence-corrected chi connectivity index (χ1v) is 6.30. The first kappa shape index (κ1) is 13.0. The lowest BCUT2D eigenvalue weighted by atomic mass is 10.3. The predicted octanol–water partition coefficient (Wildman–Crippen LogP) is 0.414. The zero-order valence-electron chi connectivity index (χ0n) is 10.9. The minimum atomic E-state index is -0.128. The van der Waals surface area contributed by atoms with Crippen LogP contribution in [-0.2, 0) is 4.74 Å². The summed E-state index contributed by atoms with van der Waals surface area (Å²) in [5.74, 6) is 2.47. The van der Waals surface area contributed by atoms with Crippen LogP contribution < -0.4 is 10.2 Å². The van der Waals surface area contributed by atoms with E-state index in [0.29, 0.717) is 13.2 Å². The Morgan fingerprint density at radius 2 is 2.39 bits per heavy atom. The third kappa shape index (κ3) is 3.08. The quantitative estimate of drug-likeness (QED) is 0.809. The largest absolute Gasteiger partial charge is 0.394 e. The molecule has 0 radical (unpaired) electrons. The smallest absolute Gasteiger partial charge is 0.134 e. The van der Waals surface area contributed by atoms with Crippen molar-refractivity contribution in [1.29, 1.82) is 0 Å². The Morgan fingerprint density at radius 1 is 1.56 bits per heavy atom. The van der Waals surface area contributed by atoms with E-state index < -0.39 is 0 Å². The molecule has 0 aliphatic carbocycles. The highest BCUT2D eigenvalue weighted by molar-refractivity contribution is 5.49. The lowest BCUT2D eigenvalue weighted by molar-refractivity contribution is 0.00335. The van der Waals surface area contributed by atoms with Gasteiger partial charge in [0.2, 0.25) is 0 Å². The summed E-state index contributed by atoms with van der Waals surface area (Å²) in [4.78, 5) is 10.9. The van der Waals surface area contributed by atoms with Gasteiger partial charge < -0.3 is 20.1 Å². The van der Waals surface area contributed by atoms with Gasteiger partial charge in [-0.3, -0.25) is 0 Å². The number of aliphatic hydroxyl groups excluding tert-OH is 1. The molecule has 1 aliphatic rings. The van der Waals surface area contributed by atoms with Gasteiger partial charge in [-0.05, 0) is 13.8 Å². The Bertz CT molecular complexity index is 400. The van der Waals surface area contributed by atoms with Crippen molar-refractivity contribution < 1.29 is 9.84 Å². The Kier molecular flexibility index (Phi) is 4.33. The second kappa shape index (κ2) is 5.97. The maximum atomic E-state index is 9.15. The number of nitrogens with zero attached hydrogens (tertiary/aromatic N) is 3. The highest BCUT2D eigenvalue weighted by atomic mass is 16.5. The average Bonchev–Trinajstić information content (AvgIpc) is 2.38. The van der Waals surface area contributed by atoms with Crippen molar-refractivity contribution in [3.05, 3.63) is 11.9 Å². The van der Waals surface area contributed by atoms with Crippen molar-refractivity contribution in [2.75, 3.05) is 43.1 Å². The second-order valence-corrected chi connectivity index (χ2v) is 4.31. The number of rotatable bonds is 4. The van der Waals surface area contributed by atoms with Crippen molar-refractivity contribution in [1.82, 2.24) is 9.97 Å². The zero-order chi connectivity index (χ0) is 13.0. The van der Waals surface area contributed by atoms with E-state index in [1.807, 2.05) is 19.9 Å². The number of ether oxygens (including phenoxy) is 1. The highest BCUT2D eigenvalue weighted by Crippen LogP contribution is 2.18. The first-order chi connectivity index (χ1) is 8.72. The third-order valence-corrected chi connectivity index (χ3v) is 2.85. The number of morpholine rings is 1. The van der Waals surface area contributed by atoms with Crippen LogP contribution in [0.15, 0.2) is 6.07 Å². The van der Waals surface area contributed by atoms with Gasteiger partial charge in [0, 0.05) is 25.7 Å². The van der Waals surface area contributed by atoms with Crippen LogP contribution >= 0.6 is 0 Å². The molecule has 0 amide bonds. The summed E-state index contributed by atoms with van der Waals surface area (Å²) in [6.07, 6.45) is -0.128. The van der Waals surface area contributed by atoms with Crippen LogP contribution in [0.5, 0.6) is 0 Å². The zero-order valence-corrected chi connectivity index (χ0v) is 10.9. The van der Waals surface area contributed by atoms with Gasteiger partial charge in [-0.25, -0.2) is 9.97 Å². The average molecular weight is 252 g/mol. The molecule has 1 atom stereocenters. The second-order valence-electron chi connectivity index (χ2n) is 4.31. The molecule has 6 nitrogen and oxygen atoms in total. The van der Waals surface area contributed by atoms with Crippen LogP contribution in [0.25, 0.3) is 0 Å². The van der Waals surface area contributed by atoms with Gasteiger partial charge in [0.15, 0.2) is 0 Å². The molecule has 0 spiro atoms. The monoisotopic (exact) mass is 252 g/mol. The molecule has 6 heteroatoms. The van der Waals surface area contributed by atoms with Crippen LogP contribution in [0, 0.1) is 6.92 Å². The predicted molar refractivity (Wildman–Crippen MR) is 70.0 cm³/mol. The Balaban J connectivity index is 2.16. The van der Waals surface area contributed by atoms with E-state index in [1.54, 1.807) is 0 Å². The maximum Gasteiger partial charge on any atom is 0.134 e. The van der Waals surface area contributed by atoms with E-state index in [0.717, 1.165) is 30.5 Å². The number of hydrogen-bond acceptors (Lipinski definition) is 6. The molecule has 1 saturated heterocycles. The molecule has 1 aliphatic heterocycles. The number of aliphatic hydroxyl groups is 1. The van der Waals surface area contributed by atoms with Crippen molar-refractivity contribution in [3.63, 3.8) is 0 Å². The van der Waals surface area contributed by atoms with E-state index in [4.69, 9.17) is 9.84 Å². The Hall–Kier alpha value is -1.40. The maximum absolute atomic E-state index is 9.15. The van der Waals surface area contributed by atoms with E-state index in [9.17, 15) is 0 Å². The van der Waals surface area contributed by atoms with Gasteiger partial charge in [0.05, 0.1) is 19.3 Å². The van der Waals surface area contributed by atoms with Gasteiger partial charge in [0.1, 0.15) is 17.5 Å². The van der Waals surface area contributed by atoms with Crippen LogP contribution in [0.3, 0.4) is 0 Å². The van der Waals surface area contributed by atoms with Gasteiger partial charge in [-0.1, -0.05) is 0 Å². The van der Waals surface area contributed by atoms with Gasteiger partial charge in [-0.15, -0.1) is 0 Å². The van der Waals surface area contributed by atoms with E-state index in [2.05, 4.69) is 20.2 Å². The third-order valence-electron chi connectivity index (χ3n) is 2.85. The molecular weight excluding hydrogens is 232 g/mol. The topological polar surface area (TPSA) is 70.5 Å². The van der Waals surface area contributed by atoms with Crippen LogP contribution in [0.4, 0.5) is 11.6 Å². The number of hydrogen-bond donors (Lipinski definition) is 2. The summed E-state index contributed by atoms with van der Waals surface area (Å²) in [5, 5.41) is 12.3.